The maximum Gasteiger partial charge on any atom is 0.260 e. The molecule has 0 N–H and O–H groups in total. The highest BCUT2D eigenvalue weighted by atomic mass is 16.5. The minimum absolute atomic E-state index is 0.0311. The molecule has 1 aromatic carbocycles. The predicted molar refractivity (Wildman–Crippen MR) is 75.6 cm³/mol. The van der Waals surface area contributed by atoms with E-state index in [9.17, 15) is 9.59 Å². The summed E-state index contributed by atoms with van der Waals surface area (Å²) in [6.07, 6.45) is 0.828. The first-order valence-corrected chi connectivity index (χ1v) is 6.77. The van der Waals surface area contributed by atoms with Gasteiger partial charge in [-0.05, 0) is 31.0 Å². The van der Waals surface area contributed by atoms with Crippen LogP contribution in [0.15, 0.2) is 18.2 Å². The number of carbonyl (C=O) groups excluding carboxylic acids is 2. The second-order valence-corrected chi connectivity index (χ2v) is 5.08. The number of amides is 2. The van der Waals surface area contributed by atoms with Crippen molar-refractivity contribution in [3.8, 4) is 5.75 Å². The number of ether oxygens (including phenoxy) is 1. The van der Waals surface area contributed by atoms with Gasteiger partial charge in [-0.15, -0.1) is 0 Å². The van der Waals surface area contributed by atoms with E-state index in [-0.39, 0.29) is 12.5 Å². The molecule has 0 unspecified atom stereocenters. The summed E-state index contributed by atoms with van der Waals surface area (Å²) in [5, 5.41) is 0. The highest BCUT2D eigenvalue weighted by molar-refractivity contribution is 5.78. The molecule has 2 rings (SSSR count). The number of piperazine rings is 1. The molecule has 1 heterocycles. The molecule has 0 aromatic heterocycles. The molecule has 1 saturated heterocycles. The highest BCUT2D eigenvalue weighted by Crippen LogP contribution is 2.19. The lowest BCUT2D eigenvalue weighted by Crippen LogP contribution is -2.49. The summed E-state index contributed by atoms with van der Waals surface area (Å²) in [5.74, 6) is 0.723. The number of benzene rings is 1. The summed E-state index contributed by atoms with van der Waals surface area (Å²) in [6, 6.07) is 5.94. The zero-order valence-corrected chi connectivity index (χ0v) is 12.0. The van der Waals surface area contributed by atoms with E-state index in [1.165, 1.54) is 0 Å². The van der Waals surface area contributed by atoms with Crippen molar-refractivity contribution >= 4 is 12.3 Å². The van der Waals surface area contributed by atoms with E-state index in [0.29, 0.717) is 26.2 Å². The van der Waals surface area contributed by atoms with E-state index in [2.05, 4.69) is 0 Å². The molecule has 0 spiro atoms. The fourth-order valence-corrected chi connectivity index (χ4v) is 2.17. The Morgan fingerprint density at radius 3 is 2.60 bits per heavy atom. The monoisotopic (exact) mass is 276 g/mol. The van der Waals surface area contributed by atoms with Crippen LogP contribution in [0.25, 0.3) is 0 Å². The number of nitrogens with zero attached hydrogens (tertiary/aromatic N) is 2. The Morgan fingerprint density at radius 2 is 1.95 bits per heavy atom. The first kappa shape index (κ1) is 14.4. The van der Waals surface area contributed by atoms with Crippen LogP contribution in [0.1, 0.15) is 11.1 Å². The predicted octanol–water partition coefficient (Wildman–Crippen LogP) is 0.983. The molecule has 108 valence electrons. The Balaban J connectivity index is 1.86. The average molecular weight is 276 g/mol. The lowest BCUT2D eigenvalue weighted by atomic mass is 10.1. The summed E-state index contributed by atoms with van der Waals surface area (Å²) in [5.41, 5.74) is 2.13. The van der Waals surface area contributed by atoms with Crippen molar-refractivity contribution in [1.29, 1.82) is 0 Å². The first-order chi connectivity index (χ1) is 9.60. The third-order valence-electron chi connectivity index (χ3n) is 3.51. The number of rotatable bonds is 4. The van der Waals surface area contributed by atoms with Crippen LogP contribution in [0.4, 0.5) is 0 Å². The lowest BCUT2D eigenvalue weighted by molar-refractivity contribution is -0.137. The van der Waals surface area contributed by atoms with E-state index in [4.69, 9.17) is 4.74 Å². The SMILES string of the molecule is Cc1ccc(C)c(OCC(=O)N2CCN(C=O)CC2)c1. The number of hydrogen-bond donors (Lipinski definition) is 0. The summed E-state index contributed by atoms with van der Waals surface area (Å²) >= 11 is 0. The summed E-state index contributed by atoms with van der Waals surface area (Å²) < 4.78 is 5.61. The second-order valence-electron chi connectivity index (χ2n) is 5.08. The maximum atomic E-state index is 12.1. The van der Waals surface area contributed by atoms with Gasteiger partial charge in [0.1, 0.15) is 5.75 Å². The van der Waals surface area contributed by atoms with Crippen LogP contribution in [-0.2, 0) is 9.59 Å². The normalized spacial score (nSPS) is 15.1. The van der Waals surface area contributed by atoms with Crippen molar-refractivity contribution in [2.24, 2.45) is 0 Å². The minimum atomic E-state index is -0.0311. The largest absolute Gasteiger partial charge is 0.483 e. The molecule has 20 heavy (non-hydrogen) atoms. The molecule has 1 fully saturated rings. The van der Waals surface area contributed by atoms with E-state index in [1.807, 2.05) is 32.0 Å². The fourth-order valence-electron chi connectivity index (χ4n) is 2.17. The third kappa shape index (κ3) is 3.50. The molecule has 0 atom stereocenters. The van der Waals surface area contributed by atoms with Gasteiger partial charge in [0.2, 0.25) is 6.41 Å². The van der Waals surface area contributed by atoms with Gasteiger partial charge in [0.15, 0.2) is 6.61 Å². The summed E-state index contributed by atoms with van der Waals surface area (Å²) in [7, 11) is 0. The van der Waals surface area contributed by atoms with Gasteiger partial charge in [-0.2, -0.15) is 0 Å². The highest BCUT2D eigenvalue weighted by Gasteiger charge is 2.20. The summed E-state index contributed by atoms with van der Waals surface area (Å²) in [4.78, 5) is 26.1. The maximum absolute atomic E-state index is 12.1. The minimum Gasteiger partial charge on any atom is -0.483 e. The Labute approximate surface area is 119 Å². The average Bonchev–Trinajstić information content (AvgIpc) is 2.48. The molecule has 0 saturated carbocycles. The molecule has 1 aliphatic heterocycles. The van der Waals surface area contributed by atoms with Crippen molar-refractivity contribution in [2.45, 2.75) is 13.8 Å². The van der Waals surface area contributed by atoms with Gasteiger partial charge in [-0.3, -0.25) is 9.59 Å². The Bertz CT molecular complexity index is 494. The van der Waals surface area contributed by atoms with Gasteiger partial charge >= 0.3 is 0 Å². The van der Waals surface area contributed by atoms with Crippen LogP contribution in [-0.4, -0.2) is 54.9 Å². The summed E-state index contributed by atoms with van der Waals surface area (Å²) in [6.45, 7) is 6.35. The fraction of sp³-hybridized carbons (Fsp3) is 0.467. The molecule has 5 heteroatoms. The van der Waals surface area contributed by atoms with Gasteiger partial charge in [0, 0.05) is 26.2 Å². The zero-order valence-electron chi connectivity index (χ0n) is 12.0. The lowest BCUT2D eigenvalue weighted by Gasteiger charge is -2.32. The molecular weight excluding hydrogens is 256 g/mol. The second kappa shape index (κ2) is 6.41. The van der Waals surface area contributed by atoms with Gasteiger partial charge in [0.25, 0.3) is 5.91 Å². The van der Waals surface area contributed by atoms with Crippen LogP contribution < -0.4 is 4.74 Å². The third-order valence-corrected chi connectivity index (χ3v) is 3.51. The Morgan fingerprint density at radius 1 is 1.25 bits per heavy atom. The van der Waals surface area contributed by atoms with Crippen molar-refractivity contribution < 1.29 is 14.3 Å². The molecule has 1 aliphatic rings. The van der Waals surface area contributed by atoms with Crippen LogP contribution in [0.5, 0.6) is 5.75 Å². The van der Waals surface area contributed by atoms with Gasteiger partial charge < -0.3 is 14.5 Å². The van der Waals surface area contributed by atoms with E-state index < -0.39 is 0 Å². The van der Waals surface area contributed by atoms with Crippen molar-refractivity contribution in [3.05, 3.63) is 29.3 Å². The van der Waals surface area contributed by atoms with Gasteiger partial charge in [-0.25, -0.2) is 0 Å². The Hall–Kier alpha value is -2.04. The quantitative estimate of drug-likeness (QED) is 0.770. The Kier molecular flexibility index (Phi) is 4.61. The molecule has 0 bridgehead atoms. The van der Waals surface area contributed by atoms with Crippen LogP contribution >= 0.6 is 0 Å². The van der Waals surface area contributed by atoms with E-state index >= 15 is 0 Å². The first-order valence-electron chi connectivity index (χ1n) is 6.77. The van der Waals surface area contributed by atoms with E-state index in [0.717, 1.165) is 23.3 Å². The topological polar surface area (TPSA) is 49.9 Å². The molecule has 0 aliphatic carbocycles. The van der Waals surface area contributed by atoms with Crippen molar-refractivity contribution in [2.75, 3.05) is 32.8 Å². The molecule has 0 radical (unpaired) electrons. The van der Waals surface area contributed by atoms with Crippen LogP contribution in [0, 0.1) is 13.8 Å². The van der Waals surface area contributed by atoms with E-state index in [1.54, 1.807) is 9.80 Å². The smallest absolute Gasteiger partial charge is 0.260 e. The zero-order chi connectivity index (χ0) is 14.5. The molecule has 5 nitrogen and oxygen atoms in total. The van der Waals surface area contributed by atoms with Crippen molar-refractivity contribution in [3.63, 3.8) is 0 Å². The van der Waals surface area contributed by atoms with Crippen LogP contribution in [0.3, 0.4) is 0 Å². The number of carbonyl (C=O) groups is 2. The molecular formula is C15H20N2O3. The molecule has 2 amide bonds. The molecule has 1 aromatic rings. The van der Waals surface area contributed by atoms with Crippen molar-refractivity contribution in [1.82, 2.24) is 9.80 Å². The number of hydrogen-bond acceptors (Lipinski definition) is 3. The van der Waals surface area contributed by atoms with Gasteiger partial charge in [-0.1, -0.05) is 12.1 Å². The van der Waals surface area contributed by atoms with Gasteiger partial charge in [0.05, 0.1) is 0 Å². The standard InChI is InChI=1S/C15H20N2O3/c1-12-3-4-13(2)14(9-12)20-10-15(19)17-7-5-16(11-18)6-8-17/h3-4,9,11H,5-8,10H2,1-2H3. The number of aryl methyl sites for hydroxylation is 2. The van der Waals surface area contributed by atoms with Crippen LogP contribution in [0.2, 0.25) is 0 Å².